The molecule has 0 aromatic heterocycles. The highest BCUT2D eigenvalue weighted by atomic mass is 16.4. The molecule has 0 rings (SSSR count). The van der Waals surface area contributed by atoms with E-state index in [0.29, 0.717) is 6.42 Å². The highest BCUT2D eigenvalue weighted by Gasteiger charge is 2.21. The van der Waals surface area contributed by atoms with Crippen LogP contribution in [-0.2, 0) is 9.59 Å². The zero-order valence-electron chi connectivity index (χ0n) is 8.69. The first-order chi connectivity index (χ1) is 7.02. The lowest BCUT2D eigenvalue weighted by Gasteiger charge is -2.15. The molecule has 0 bridgehead atoms. The average Bonchev–Trinajstić information content (AvgIpc) is 2.17. The SMILES string of the molecule is C#CCC(NC(=O)C(N)CCC)C(=O)O. The normalized spacial score (nSPS) is 13.7. The molecule has 0 fully saturated rings. The molecule has 0 saturated heterocycles. The minimum atomic E-state index is -1.15. The molecule has 0 aliphatic carbocycles. The molecule has 1 amide bonds. The number of amides is 1. The first-order valence-electron chi connectivity index (χ1n) is 4.75. The minimum absolute atomic E-state index is 0.0417. The Morgan fingerprint density at radius 2 is 2.20 bits per heavy atom. The molecule has 0 radical (unpaired) electrons. The predicted molar refractivity (Wildman–Crippen MR) is 55.9 cm³/mol. The summed E-state index contributed by atoms with van der Waals surface area (Å²) in [6.07, 6.45) is 6.23. The number of carbonyl (C=O) groups is 2. The summed E-state index contributed by atoms with van der Waals surface area (Å²) in [6, 6.07) is -1.72. The fourth-order valence-electron chi connectivity index (χ4n) is 1.04. The third-order valence-corrected chi connectivity index (χ3v) is 1.87. The van der Waals surface area contributed by atoms with E-state index in [1.165, 1.54) is 0 Å². The standard InChI is InChI=1S/C10H16N2O3/c1-3-5-7(11)9(13)12-8(6-4-2)10(14)15/h2,7-8H,3,5-6,11H2,1H3,(H,12,13)(H,14,15). The molecule has 0 aromatic carbocycles. The van der Waals surface area contributed by atoms with Gasteiger partial charge in [0.1, 0.15) is 6.04 Å². The maximum Gasteiger partial charge on any atom is 0.327 e. The van der Waals surface area contributed by atoms with Crippen LogP contribution in [-0.4, -0.2) is 29.1 Å². The van der Waals surface area contributed by atoms with E-state index in [1.54, 1.807) is 0 Å². The van der Waals surface area contributed by atoms with E-state index < -0.39 is 24.0 Å². The van der Waals surface area contributed by atoms with Gasteiger partial charge in [0, 0.05) is 6.42 Å². The van der Waals surface area contributed by atoms with Gasteiger partial charge in [-0.15, -0.1) is 12.3 Å². The van der Waals surface area contributed by atoms with Crippen LogP contribution in [0.5, 0.6) is 0 Å². The van der Waals surface area contributed by atoms with Gasteiger partial charge < -0.3 is 16.2 Å². The molecule has 0 heterocycles. The summed E-state index contributed by atoms with van der Waals surface area (Å²) in [4.78, 5) is 22.0. The van der Waals surface area contributed by atoms with Gasteiger partial charge in [0.25, 0.3) is 0 Å². The number of hydrogen-bond donors (Lipinski definition) is 3. The lowest BCUT2D eigenvalue weighted by Crippen LogP contribution is -2.48. The fraction of sp³-hybridized carbons (Fsp3) is 0.600. The number of nitrogens with one attached hydrogen (secondary N) is 1. The van der Waals surface area contributed by atoms with Crippen LogP contribution in [0.15, 0.2) is 0 Å². The van der Waals surface area contributed by atoms with E-state index in [-0.39, 0.29) is 6.42 Å². The molecule has 5 nitrogen and oxygen atoms in total. The van der Waals surface area contributed by atoms with Gasteiger partial charge in [-0.2, -0.15) is 0 Å². The Kier molecular flexibility index (Phi) is 6.14. The number of hydrogen-bond acceptors (Lipinski definition) is 3. The smallest absolute Gasteiger partial charge is 0.327 e. The first-order valence-corrected chi connectivity index (χ1v) is 4.75. The van der Waals surface area contributed by atoms with E-state index in [1.807, 2.05) is 6.92 Å². The molecule has 0 aliphatic heterocycles. The van der Waals surface area contributed by atoms with Gasteiger partial charge >= 0.3 is 5.97 Å². The van der Waals surface area contributed by atoms with Gasteiger partial charge in [0.05, 0.1) is 6.04 Å². The Morgan fingerprint density at radius 1 is 1.60 bits per heavy atom. The quantitative estimate of drug-likeness (QED) is 0.527. The van der Waals surface area contributed by atoms with Gasteiger partial charge in [-0.05, 0) is 6.42 Å². The largest absolute Gasteiger partial charge is 0.480 e. The van der Waals surface area contributed by atoms with Crippen molar-refractivity contribution < 1.29 is 14.7 Å². The average molecular weight is 212 g/mol. The maximum atomic E-state index is 11.4. The van der Waals surface area contributed by atoms with Crippen molar-refractivity contribution in [3.63, 3.8) is 0 Å². The van der Waals surface area contributed by atoms with Crippen LogP contribution in [0.1, 0.15) is 26.2 Å². The Hall–Kier alpha value is -1.54. The van der Waals surface area contributed by atoms with Crippen LogP contribution >= 0.6 is 0 Å². The predicted octanol–water partition coefficient (Wildman–Crippen LogP) is -0.293. The van der Waals surface area contributed by atoms with Gasteiger partial charge in [-0.3, -0.25) is 4.79 Å². The van der Waals surface area contributed by atoms with Crippen LogP contribution in [0.2, 0.25) is 0 Å². The summed E-state index contributed by atoms with van der Waals surface area (Å²) < 4.78 is 0. The number of carboxylic acid groups (broad SMARTS) is 1. The van der Waals surface area contributed by atoms with Crippen molar-refractivity contribution in [2.24, 2.45) is 5.73 Å². The van der Waals surface area contributed by atoms with Crippen LogP contribution in [0.3, 0.4) is 0 Å². The summed E-state index contributed by atoms with van der Waals surface area (Å²) in [6.45, 7) is 1.89. The summed E-state index contributed by atoms with van der Waals surface area (Å²) >= 11 is 0. The first kappa shape index (κ1) is 13.5. The lowest BCUT2D eigenvalue weighted by molar-refractivity contribution is -0.141. The number of carbonyl (C=O) groups excluding carboxylic acids is 1. The van der Waals surface area contributed by atoms with Crippen molar-refractivity contribution >= 4 is 11.9 Å². The molecule has 4 N–H and O–H groups in total. The monoisotopic (exact) mass is 212 g/mol. The van der Waals surface area contributed by atoms with E-state index in [0.717, 1.165) is 6.42 Å². The number of nitrogens with two attached hydrogens (primary N) is 1. The Bertz CT molecular complexity index is 270. The van der Waals surface area contributed by atoms with Crippen LogP contribution < -0.4 is 11.1 Å². The topological polar surface area (TPSA) is 92.4 Å². The van der Waals surface area contributed by atoms with Crippen molar-refractivity contribution in [2.75, 3.05) is 0 Å². The number of rotatable bonds is 6. The molecule has 0 aromatic rings. The van der Waals surface area contributed by atoms with E-state index in [9.17, 15) is 9.59 Å². The molecule has 2 unspecified atom stereocenters. The van der Waals surface area contributed by atoms with Crippen LogP contribution in [0, 0.1) is 12.3 Å². The van der Waals surface area contributed by atoms with Crippen molar-refractivity contribution in [3.05, 3.63) is 0 Å². The molecule has 0 spiro atoms. The van der Waals surface area contributed by atoms with Gasteiger partial charge in [0.2, 0.25) is 5.91 Å². The van der Waals surface area contributed by atoms with Gasteiger partial charge in [-0.25, -0.2) is 4.79 Å². The Labute approximate surface area is 89.0 Å². The fourth-order valence-corrected chi connectivity index (χ4v) is 1.04. The molecular weight excluding hydrogens is 196 g/mol. The van der Waals surface area contributed by atoms with Crippen molar-refractivity contribution in [1.82, 2.24) is 5.32 Å². The lowest BCUT2D eigenvalue weighted by atomic mass is 10.1. The summed E-state index contributed by atoms with van der Waals surface area (Å²) in [7, 11) is 0. The van der Waals surface area contributed by atoms with Gasteiger partial charge in [0.15, 0.2) is 0 Å². The zero-order chi connectivity index (χ0) is 11.8. The highest BCUT2D eigenvalue weighted by Crippen LogP contribution is 1.96. The maximum absolute atomic E-state index is 11.4. The van der Waals surface area contributed by atoms with Gasteiger partial charge in [-0.1, -0.05) is 13.3 Å². The second kappa shape index (κ2) is 6.85. The summed E-state index contributed by atoms with van der Waals surface area (Å²) in [5, 5.41) is 11.0. The van der Waals surface area contributed by atoms with Crippen LogP contribution in [0.25, 0.3) is 0 Å². The summed E-state index contributed by atoms with van der Waals surface area (Å²) in [5.74, 6) is 0.568. The van der Waals surface area contributed by atoms with E-state index >= 15 is 0 Å². The number of aliphatic carboxylic acids is 1. The molecule has 0 aliphatic rings. The highest BCUT2D eigenvalue weighted by molar-refractivity contribution is 5.86. The third kappa shape index (κ3) is 5.03. The number of carboxylic acids is 1. The van der Waals surface area contributed by atoms with Crippen molar-refractivity contribution in [3.8, 4) is 12.3 Å². The second-order valence-electron chi connectivity index (χ2n) is 3.20. The van der Waals surface area contributed by atoms with E-state index in [2.05, 4.69) is 11.2 Å². The number of terminal acetylenes is 1. The molecule has 84 valence electrons. The van der Waals surface area contributed by atoms with Crippen molar-refractivity contribution in [2.45, 2.75) is 38.3 Å². The molecule has 5 heteroatoms. The van der Waals surface area contributed by atoms with Crippen molar-refractivity contribution in [1.29, 1.82) is 0 Å². The molecule has 15 heavy (non-hydrogen) atoms. The Morgan fingerprint density at radius 3 is 2.60 bits per heavy atom. The minimum Gasteiger partial charge on any atom is -0.480 e. The van der Waals surface area contributed by atoms with E-state index in [4.69, 9.17) is 17.3 Å². The molecule has 0 saturated carbocycles. The third-order valence-electron chi connectivity index (χ3n) is 1.87. The second-order valence-corrected chi connectivity index (χ2v) is 3.20. The molecule has 2 atom stereocenters. The molecular formula is C10H16N2O3. The summed E-state index contributed by atoms with van der Waals surface area (Å²) in [5.41, 5.74) is 5.52. The Balaban J connectivity index is 4.23. The zero-order valence-corrected chi connectivity index (χ0v) is 8.69. The van der Waals surface area contributed by atoms with Crippen LogP contribution in [0.4, 0.5) is 0 Å².